The number of carbonyl (C=O) groups is 1. The first-order valence-corrected chi connectivity index (χ1v) is 7.52. The van der Waals surface area contributed by atoms with Crippen LogP contribution in [0.15, 0.2) is 36.7 Å². The summed E-state index contributed by atoms with van der Waals surface area (Å²) in [4.78, 5) is 12.3. The van der Waals surface area contributed by atoms with Gasteiger partial charge in [-0.3, -0.25) is 9.48 Å². The van der Waals surface area contributed by atoms with Gasteiger partial charge in [-0.2, -0.15) is 18.3 Å². The first-order valence-electron chi connectivity index (χ1n) is 7.52. The van der Waals surface area contributed by atoms with E-state index in [-0.39, 0.29) is 23.4 Å². The number of hydrogen-bond donors (Lipinski definition) is 2. The lowest BCUT2D eigenvalue weighted by Crippen LogP contribution is -2.22. The largest absolute Gasteiger partial charge is 0.405 e. The van der Waals surface area contributed by atoms with E-state index in [0.29, 0.717) is 5.69 Å². The molecule has 1 saturated carbocycles. The minimum atomic E-state index is -4.32. The van der Waals surface area contributed by atoms with Crippen molar-refractivity contribution < 1.29 is 18.0 Å². The summed E-state index contributed by atoms with van der Waals surface area (Å²) in [6, 6.07) is 6.37. The molecule has 1 fully saturated rings. The Morgan fingerprint density at radius 1 is 1.33 bits per heavy atom. The van der Waals surface area contributed by atoms with Crippen molar-refractivity contribution in [2.45, 2.75) is 18.5 Å². The minimum absolute atomic E-state index is 0.119. The van der Waals surface area contributed by atoms with Gasteiger partial charge in [-0.05, 0) is 30.0 Å². The number of anilines is 2. The van der Waals surface area contributed by atoms with Crippen molar-refractivity contribution in [3.63, 3.8) is 0 Å². The summed E-state index contributed by atoms with van der Waals surface area (Å²) in [5, 5.41) is 9.12. The molecule has 0 aliphatic heterocycles. The molecule has 1 aromatic carbocycles. The van der Waals surface area contributed by atoms with Crippen LogP contribution in [0.3, 0.4) is 0 Å². The Labute approximate surface area is 136 Å². The molecule has 1 aliphatic rings. The van der Waals surface area contributed by atoms with Crippen LogP contribution in [-0.4, -0.2) is 28.4 Å². The number of aromatic nitrogens is 2. The average molecular weight is 338 g/mol. The Morgan fingerprint density at radius 3 is 2.67 bits per heavy atom. The third-order valence-corrected chi connectivity index (χ3v) is 3.94. The van der Waals surface area contributed by atoms with Crippen molar-refractivity contribution >= 4 is 17.3 Å². The van der Waals surface area contributed by atoms with Gasteiger partial charge in [0, 0.05) is 19.2 Å². The first kappa shape index (κ1) is 16.4. The van der Waals surface area contributed by atoms with Crippen LogP contribution in [0.25, 0.3) is 0 Å². The highest BCUT2D eigenvalue weighted by molar-refractivity contribution is 5.97. The van der Waals surface area contributed by atoms with Gasteiger partial charge in [-0.15, -0.1) is 0 Å². The zero-order valence-corrected chi connectivity index (χ0v) is 13.0. The van der Waals surface area contributed by atoms with Crippen LogP contribution in [0.4, 0.5) is 24.5 Å². The third-order valence-electron chi connectivity index (χ3n) is 3.94. The molecule has 1 heterocycles. The standard InChI is InChI=1S/C16H17F3N4O/c1-23-8-10(7-21-23)11-6-12(11)15(24)22-14-5-3-2-4-13(14)20-9-16(17,18)19/h2-5,7-8,11-12,20H,6,9H2,1H3,(H,22,24). The normalized spacial score (nSPS) is 19.8. The molecule has 2 aromatic rings. The maximum atomic E-state index is 12.4. The Hall–Kier alpha value is -2.51. The topological polar surface area (TPSA) is 59.0 Å². The summed E-state index contributed by atoms with van der Waals surface area (Å²) in [5.41, 5.74) is 1.60. The van der Waals surface area contributed by atoms with E-state index >= 15 is 0 Å². The van der Waals surface area contributed by atoms with Gasteiger partial charge in [0.2, 0.25) is 5.91 Å². The van der Waals surface area contributed by atoms with Crippen molar-refractivity contribution in [2.75, 3.05) is 17.2 Å². The molecular weight excluding hydrogens is 321 g/mol. The highest BCUT2D eigenvalue weighted by atomic mass is 19.4. The summed E-state index contributed by atoms with van der Waals surface area (Å²) >= 11 is 0. The molecule has 2 unspecified atom stereocenters. The van der Waals surface area contributed by atoms with Crippen molar-refractivity contribution in [3.05, 3.63) is 42.2 Å². The van der Waals surface area contributed by atoms with Crippen LogP contribution in [0, 0.1) is 5.92 Å². The van der Waals surface area contributed by atoms with Gasteiger partial charge < -0.3 is 10.6 Å². The number of hydrogen-bond acceptors (Lipinski definition) is 3. The van der Waals surface area contributed by atoms with E-state index in [1.54, 1.807) is 29.1 Å². The number of carbonyl (C=O) groups excluding carboxylic acids is 1. The molecular formula is C16H17F3N4O. The van der Waals surface area contributed by atoms with Gasteiger partial charge in [0.1, 0.15) is 6.54 Å². The van der Waals surface area contributed by atoms with Crippen molar-refractivity contribution in [1.29, 1.82) is 0 Å². The van der Waals surface area contributed by atoms with E-state index in [9.17, 15) is 18.0 Å². The molecule has 2 N–H and O–H groups in total. The molecule has 1 aliphatic carbocycles. The number of benzene rings is 1. The molecule has 1 aromatic heterocycles. The van der Waals surface area contributed by atoms with Gasteiger partial charge in [-0.1, -0.05) is 12.1 Å². The summed E-state index contributed by atoms with van der Waals surface area (Å²) in [5.74, 6) is -0.246. The second kappa shape index (κ2) is 6.18. The monoisotopic (exact) mass is 338 g/mol. The zero-order valence-electron chi connectivity index (χ0n) is 13.0. The lowest BCUT2D eigenvalue weighted by atomic mass is 10.2. The Kier molecular flexibility index (Phi) is 4.21. The summed E-state index contributed by atoms with van der Waals surface area (Å²) in [7, 11) is 1.81. The molecule has 5 nitrogen and oxygen atoms in total. The minimum Gasteiger partial charge on any atom is -0.375 e. The van der Waals surface area contributed by atoms with E-state index in [0.717, 1.165) is 12.0 Å². The Morgan fingerprint density at radius 2 is 2.04 bits per heavy atom. The molecule has 0 spiro atoms. The number of rotatable bonds is 5. The highest BCUT2D eigenvalue weighted by Crippen LogP contribution is 2.48. The fraction of sp³-hybridized carbons (Fsp3) is 0.375. The second-order valence-corrected chi connectivity index (χ2v) is 5.90. The molecule has 0 radical (unpaired) electrons. The van der Waals surface area contributed by atoms with Crippen LogP contribution in [0.5, 0.6) is 0 Å². The van der Waals surface area contributed by atoms with E-state index in [1.807, 2.05) is 13.2 Å². The smallest absolute Gasteiger partial charge is 0.375 e. The lowest BCUT2D eigenvalue weighted by molar-refractivity contribution is -0.117. The molecule has 2 atom stereocenters. The molecule has 1 amide bonds. The van der Waals surface area contributed by atoms with Crippen LogP contribution in [0.2, 0.25) is 0 Å². The van der Waals surface area contributed by atoms with E-state index < -0.39 is 12.7 Å². The van der Waals surface area contributed by atoms with Gasteiger partial charge in [-0.25, -0.2) is 0 Å². The fourth-order valence-electron chi connectivity index (χ4n) is 2.65. The second-order valence-electron chi connectivity index (χ2n) is 5.90. The predicted molar refractivity (Wildman–Crippen MR) is 83.7 cm³/mol. The van der Waals surface area contributed by atoms with Gasteiger partial charge in [0.15, 0.2) is 0 Å². The Balaban J connectivity index is 1.63. The average Bonchev–Trinajstić information content (AvgIpc) is 3.20. The zero-order chi connectivity index (χ0) is 17.3. The SMILES string of the molecule is Cn1cc(C2CC2C(=O)Nc2ccccc2NCC(F)(F)F)cn1. The molecule has 24 heavy (non-hydrogen) atoms. The third kappa shape index (κ3) is 3.87. The van der Waals surface area contributed by atoms with E-state index in [1.165, 1.54) is 6.07 Å². The number of para-hydroxylation sites is 2. The van der Waals surface area contributed by atoms with Crippen LogP contribution >= 0.6 is 0 Å². The van der Waals surface area contributed by atoms with Crippen molar-refractivity contribution in [3.8, 4) is 0 Å². The van der Waals surface area contributed by atoms with Crippen molar-refractivity contribution in [2.24, 2.45) is 13.0 Å². The Bertz CT molecular complexity index is 741. The number of nitrogens with zero attached hydrogens (tertiary/aromatic N) is 2. The summed E-state index contributed by atoms with van der Waals surface area (Å²) < 4.78 is 38.8. The molecule has 3 rings (SSSR count). The van der Waals surface area contributed by atoms with Gasteiger partial charge >= 0.3 is 6.18 Å². The van der Waals surface area contributed by atoms with E-state index in [2.05, 4.69) is 15.7 Å². The van der Waals surface area contributed by atoms with Crippen LogP contribution in [-0.2, 0) is 11.8 Å². The predicted octanol–water partition coefficient (Wildman–Crippen LogP) is 3.14. The van der Waals surface area contributed by atoms with Crippen molar-refractivity contribution in [1.82, 2.24) is 9.78 Å². The van der Waals surface area contributed by atoms with Crippen LogP contribution < -0.4 is 10.6 Å². The number of nitrogens with one attached hydrogen (secondary N) is 2. The van der Waals surface area contributed by atoms with Gasteiger partial charge in [0.05, 0.1) is 17.6 Å². The maximum absolute atomic E-state index is 12.4. The van der Waals surface area contributed by atoms with Crippen LogP contribution in [0.1, 0.15) is 17.9 Å². The quantitative estimate of drug-likeness (QED) is 0.881. The van der Waals surface area contributed by atoms with Gasteiger partial charge in [0.25, 0.3) is 0 Å². The molecule has 0 saturated heterocycles. The highest BCUT2D eigenvalue weighted by Gasteiger charge is 2.44. The number of halogens is 3. The maximum Gasteiger partial charge on any atom is 0.405 e. The lowest BCUT2D eigenvalue weighted by Gasteiger charge is -2.14. The molecule has 128 valence electrons. The number of aryl methyl sites for hydroxylation is 1. The van der Waals surface area contributed by atoms with E-state index in [4.69, 9.17) is 0 Å². The summed E-state index contributed by atoms with van der Waals surface area (Å²) in [6.45, 7) is -1.15. The molecule has 0 bridgehead atoms. The number of amides is 1. The molecule has 8 heteroatoms. The summed E-state index contributed by atoms with van der Waals surface area (Å²) in [6.07, 6.45) is 0.00223. The fourth-order valence-corrected chi connectivity index (χ4v) is 2.65. The number of alkyl halides is 3. The first-order chi connectivity index (χ1) is 11.3.